The van der Waals surface area contributed by atoms with Crippen LogP contribution in [-0.4, -0.2) is 19.7 Å². The molecule has 0 fully saturated rings. The van der Waals surface area contributed by atoms with Gasteiger partial charge in [0.15, 0.2) is 5.65 Å². The van der Waals surface area contributed by atoms with Crippen LogP contribution in [0.2, 0.25) is 5.15 Å². The molecule has 2 aromatic heterocycles. The van der Waals surface area contributed by atoms with Gasteiger partial charge in [0.2, 0.25) is 0 Å². The summed E-state index contributed by atoms with van der Waals surface area (Å²) >= 11 is 5.99. The summed E-state index contributed by atoms with van der Waals surface area (Å²) in [5.74, 6) is 0. The van der Waals surface area contributed by atoms with E-state index in [1.54, 1.807) is 6.20 Å². The molecule has 3 rings (SSSR count). The molecule has 3 aromatic rings. The van der Waals surface area contributed by atoms with E-state index in [4.69, 9.17) is 11.6 Å². The number of aryl methyl sites for hydroxylation is 1. The summed E-state index contributed by atoms with van der Waals surface area (Å²) in [5, 5.41) is 5.53. The lowest BCUT2D eigenvalue weighted by Crippen LogP contribution is -2.02. The molecule has 4 nitrogen and oxygen atoms in total. The Morgan fingerprint density at radius 3 is 2.72 bits per heavy atom. The number of benzene rings is 1. The first-order valence-electron chi connectivity index (χ1n) is 5.61. The zero-order valence-corrected chi connectivity index (χ0v) is 10.6. The third kappa shape index (κ3) is 1.95. The number of nitrogens with zero attached hydrogens (tertiary/aromatic N) is 4. The monoisotopic (exact) mass is 258 g/mol. The Morgan fingerprint density at radius 2 is 1.94 bits per heavy atom. The van der Waals surface area contributed by atoms with Crippen molar-refractivity contribution >= 4 is 22.6 Å². The predicted octanol–water partition coefficient (Wildman–Crippen LogP) is 2.84. The van der Waals surface area contributed by atoms with Gasteiger partial charge in [-0.25, -0.2) is 14.6 Å². The van der Waals surface area contributed by atoms with E-state index in [9.17, 15) is 0 Å². The van der Waals surface area contributed by atoms with Crippen molar-refractivity contribution in [2.24, 2.45) is 0 Å². The molecular formula is C13H11ClN4. The maximum Gasteiger partial charge on any atom is 0.162 e. The van der Waals surface area contributed by atoms with Crippen molar-refractivity contribution in [2.45, 2.75) is 13.5 Å². The summed E-state index contributed by atoms with van der Waals surface area (Å²) in [6.45, 7) is 2.75. The summed E-state index contributed by atoms with van der Waals surface area (Å²) in [4.78, 5) is 8.16. The average Bonchev–Trinajstić information content (AvgIpc) is 2.77. The molecule has 1 aromatic carbocycles. The quantitative estimate of drug-likeness (QED) is 0.664. The maximum absolute atomic E-state index is 5.99. The summed E-state index contributed by atoms with van der Waals surface area (Å²) in [7, 11) is 0. The number of aromatic nitrogens is 4. The standard InChI is InChI=1S/C13H11ClN4/c1-9-2-4-10(5-3-9)7-18-13-11(6-17-18)12(14)15-8-16-13/h2-6,8H,7H2,1H3. The Kier molecular flexibility index (Phi) is 2.72. The summed E-state index contributed by atoms with van der Waals surface area (Å²) in [5.41, 5.74) is 3.19. The van der Waals surface area contributed by atoms with E-state index in [1.165, 1.54) is 17.5 Å². The van der Waals surface area contributed by atoms with Crippen LogP contribution in [0.4, 0.5) is 0 Å². The van der Waals surface area contributed by atoms with Gasteiger partial charge in [-0.2, -0.15) is 5.10 Å². The number of fused-ring (bicyclic) bond motifs is 1. The molecule has 0 aliphatic carbocycles. The second kappa shape index (κ2) is 4.38. The minimum Gasteiger partial charge on any atom is -0.243 e. The van der Waals surface area contributed by atoms with Gasteiger partial charge in [-0.1, -0.05) is 41.4 Å². The van der Waals surface area contributed by atoms with E-state index < -0.39 is 0 Å². The molecule has 0 unspecified atom stereocenters. The third-order valence-electron chi connectivity index (χ3n) is 2.84. The van der Waals surface area contributed by atoms with Gasteiger partial charge in [-0.15, -0.1) is 0 Å². The molecular weight excluding hydrogens is 248 g/mol. The molecule has 5 heteroatoms. The van der Waals surface area contributed by atoms with Crippen LogP contribution in [-0.2, 0) is 6.54 Å². The minimum absolute atomic E-state index is 0.440. The molecule has 0 spiro atoms. The number of hydrogen-bond donors (Lipinski definition) is 0. The lowest BCUT2D eigenvalue weighted by Gasteiger charge is -2.03. The minimum atomic E-state index is 0.440. The number of halogens is 1. The van der Waals surface area contributed by atoms with Crippen molar-refractivity contribution in [1.29, 1.82) is 0 Å². The van der Waals surface area contributed by atoms with Crippen molar-refractivity contribution in [3.05, 3.63) is 53.1 Å². The fourth-order valence-electron chi connectivity index (χ4n) is 1.85. The molecule has 18 heavy (non-hydrogen) atoms. The second-order valence-corrected chi connectivity index (χ2v) is 4.55. The van der Waals surface area contributed by atoms with Crippen LogP contribution < -0.4 is 0 Å². The summed E-state index contributed by atoms with van der Waals surface area (Å²) < 4.78 is 1.83. The molecule has 0 saturated heterocycles. The first kappa shape index (κ1) is 11.2. The SMILES string of the molecule is Cc1ccc(Cn2ncc3c(Cl)ncnc32)cc1. The van der Waals surface area contributed by atoms with Crippen LogP contribution in [0.1, 0.15) is 11.1 Å². The first-order chi connectivity index (χ1) is 8.74. The summed E-state index contributed by atoms with van der Waals surface area (Å²) in [6, 6.07) is 8.35. The van der Waals surface area contributed by atoms with Crippen molar-refractivity contribution in [3.8, 4) is 0 Å². The Hall–Kier alpha value is -1.94. The van der Waals surface area contributed by atoms with Gasteiger partial charge in [0.05, 0.1) is 18.1 Å². The fraction of sp³-hybridized carbons (Fsp3) is 0.154. The van der Waals surface area contributed by atoms with Crippen molar-refractivity contribution in [2.75, 3.05) is 0 Å². The van der Waals surface area contributed by atoms with Crippen LogP contribution in [0.15, 0.2) is 36.8 Å². The van der Waals surface area contributed by atoms with E-state index in [0.29, 0.717) is 11.7 Å². The Morgan fingerprint density at radius 1 is 1.17 bits per heavy atom. The van der Waals surface area contributed by atoms with Gasteiger partial charge in [-0.05, 0) is 12.5 Å². The lowest BCUT2D eigenvalue weighted by molar-refractivity contribution is 0.703. The molecule has 0 amide bonds. The van der Waals surface area contributed by atoms with Crippen molar-refractivity contribution < 1.29 is 0 Å². The van der Waals surface area contributed by atoms with Crippen LogP contribution in [0.5, 0.6) is 0 Å². The highest BCUT2D eigenvalue weighted by molar-refractivity contribution is 6.33. The zero-order chi connectivity index (χ0) is 12.5. The number of hydrogen-bond acceptors (Lipinski definition) is 3. The highest BCUT2D eigenvalue weighted by Crippen LogP contribution is 2.19. The van der Waals surface area contributed by atoms with Gasteiger partial charge in [0.25, 0.3) is 0 Å². The molecule has 0 N–H and O–H groups in total. The van der Waals surface area contributed by atoms with E-state index >= 15 is 0 Å². The highest BCUT2D eigenvalue weighted by Gasteiger charge is 2.08. The lowest BCUT2D eigenvalue weighted by atomic mass is 10.1. The first-order valence-corrected chi connectivity index (χ1v) is 5.99. The van der Waals surface area contributed by atoms with E-state index in [0.717, 1.165) is 11.0 Å². The van der Waals surface area contributed by atoms with Gasteiger partial charge in [-0.3, -0.25) is 0 Å². The van der Waals surface area contributed by atoms with E-state index in [-0.39, 0.29) is 0 Å². The predicted molar refractivity (Wildman–Crippen MR) is 70.6 cm³/mol. The Labute approximate surface area is 109 Å². The van der Waals surface area contributed by atoms with Crippen molar-refractivity contribution in [1.82, 2.24) is 19.7 Å². The maximum atomic E-state index is 5.99. The molecule has 0 bridgehead atoms. The summed E-state index contributed by atoms with van der Waals surface area (Å²) in [6.07, 6.45) is 3.16. The molecule has 90 valence electrons. The van der Waals surface area contributed by atoms with Crippen LogP contribution in [0, 0.1) is 6.92 Å². The second-order valence-electron chi connectivity index (χ2n) is 4.19. The van der Waals surface area contributed by atoms with Gasteiger partial charge in [0, 0.05) is 0 Å². The number of rotatable bonds is 2. The van der Waals surface area contributed by atoms with Crippen LogP contribution in [0.25, 0.3) is 11.0 Å². The highest BCUT2D eigenvalue weighted by atomic mass is 35.5. The molecule has 0 atom stereocenters. The largest absolute Gasteiger partial charge is 0.243 e. The third-order valence-corrected chi connectivity index (χ3v) is 3.14. The normalized spacial score (nSPS) is 11.0. The molecule has 0 radical (unpaired) electrons. The molecule has 0 aliphatic rings. The smallest absolute Gasteiger partial charge is 0.162 e. The van der Waals surface area contributed by atoms with Crippen LogP contribution >= 0.6 is 11.6 Å². The average molecular weight is 259 g/mol. The topological polar surface area (TPSA) is 43.6 Å². The fourth-order valence-corrected chi connectivity index (χ4v) is 2.02. The zero-order valence-electron chi connectivity index (χ0n) is 9.84. The van der Waals surface area contributed by atoms with Gasteiger partial charge < -0.3 is 0 Å². The molecule has 2 heterocycles. The molecule has 0 saturated carbocycles. The van der Waals surface area contributed by atoms with E-state index in [2.05, 4.69) is 46.3 Å². The van der Waals surface area contributed by atoms with E-state index in [1.807, 2.05) is 4.68 Å². The Bertz CT molecular complexity index is 688. The molecule has 0 aliphatic heterocycles. The van der Waals surface area contributed by atoms with Gasteiger partial charge in [0.1, 0.15) is 11.5 Å². The van der Waals surface area contributed by atoms with Gasteiger partial charge >= 0.3 is 0 Å². The van der Waals surface area contributed by atoms with Crippen LogP contribution in [0.3, 0.4) is 0 Å². The van der Waals surface area contributed by atoms with Crippen molar-refractivity contribution in [3.63, 3.8) is 0 Å². The Balaban J connectivity index is 2.00.